The normalized spacial score (nSPS) is 11.1. The van der Waals surface area contributed by atoms with Crippen molar-refractivity contribution in [3.63, 3.8) is 0 Å². The number of nitrogens with zero attached hydrogens (tertiary/aromatic N) is 1. The number of nitrogens with one attached hydrogen (secondary N) is 1. The van der Waals surface area contributed by atoms with E-state index in [4.69, 9.17) is 15.2 Å². The number of hydrogen-bond donors (Lipinski definition) is 2. The number of fused-ring (bicyclic) bond motifs is 4. The standard InChI is InChI=1S/C22H23N3O3.ClH/c1-14-17-13-25(10-12-28-11-8-23)9-7-15(17)20(22(26)27-2)21-19(14)16-5-3-4-6-18(16)24-21;/h3-7,9,13H,8,10-12,23H2,1-2H3;1H. The second-order valence-corrected chi connectivity index (χ2v) is 6.82. The van der Waals surface area contributed by atoms with E-state index in [9.17, 15) is 4.79 Å². The Hall–Kier alpha value is -2.67. The maximum Gasteiger partial charge on any atom is 0.340 e. The molecule has 2 heterocycles. The highest BCUT2D eigenvalue weighted by atomic mass is 35.5. The largest absolute Gasteiger partial charge is 1.00 e. The SMILES string of the molecule is COC(=O)c1c2cc[n+](CCOCCN)cc2c(C)c2c1[nH]c1ccccc12.[Cl-]. The first-order valence-electron chi connectivity index (χ1n) is 9.37. The number of esters is 1. The summed E-state index contributed by atoms with van der Waals surface area (Å²) in [6.07, 6.45) is 4.04. The lowest BCUT2D eigenvalue weighted by Crippen LogP contribution is -3.00. The Morgan fingerprint density at radius 2 is 1.93 bits per heavy atom. The fraction of sp³-hybridized carbons (Fsp3) is 0.273. The topological polar surface area (TPSA) is 81.2 Å². The number of carbonyl (C=O) groups is 1. The average molecular weight is 414 g/mol. The summed E-state index contributed by atoms with van der Waals surface area (Å²) in [4.78, 5) is 16.1. The third-order valence-electron chi connectivity index (χ3n) is 5.17. The van der Waals surface area contributed by atoms with Gasteiger partial charge < -0.3 is 32.6 Å². The summed E-state index contributed by atoms with van der Waals surface area (Å²) in [5.74, 6) is -0.342. The molecule has 6 nitrogen and oxygen atoms in total. The van der Waals surface area contributed by atoms with E-state index in [0.717, 1.165) is 44.7 Å². The maximum absolute atomic E-state index is 12.7. The molecular formula is C22H24ClN3O3. The lowest BCUT2D eigenvalue weighted by molar-refractivity contribution is -0.697. The van der Waals surface area contributed by atoms with Crippen molar-refractivity contribution in [3.8, 4) is 0 Å². The molecule has 0 aliphatic carbocycles. The quantitative estimate of drug-likeness (QED) is 0.261. The lowest BCUT2D eigenvalue weighted by atomic mass is 9.96. The third-order valence-corrected chi connectivity index (χ3v) is 5.17. The second-order valence-electron chi connectivity index (χ2n) is 6.82. The molecule has 29 heavy (non-hydrogen) atoms. The number of halogens is 1. The molecule has 0 bridgehead atoms. The number of methoxy groups -OCH3 is 1. The molecular weight excluding hydrogens is 390 g/mol. The number of H-pyrrole nitrogens is 1. The first kappa shape index (κ1) is 21.0. The first-order valence-corrected chi connectivity index (χ1v) is 9.37. The summed E-state index contributed by atoms with van der Waals surface area (Å²) in [6.45, 7) is 4.47. The minimum absolute atomic E-state index is 0. The Balaban J connectivity index is 0.00000240. The Kier molecular flexibility index (Phi) is 6.37. The van der Waals surface area contributed by atoms with Gasteiger partial charge in [0, 0.05) is 34.3 Å². The zero-order valence-corrected chi connectivity index (χ0v) is 17.3. The number of aryl methyl sites for hydroxylation is 1. The van der Waals surface area contributed by atoms with Gasteiger partial charge in [0.15, 0.2) is 18.9 Å². The fourth-order valence-corrected chi connectivity index (χ4v) is 3.85. The molecule has 0 aliphatic heterocycles. The van der Waals surface area contributed by atoms with E-state index in [-0.39, 0.29) is 18.4 Å². The lowest BCUT2D eigenvalue weighted by Gasteiger charge is -2.10. The molecule has 7 heteroatoms. The summed E-state index contributed by atoms with van der Waals surface area (Å²) >= 11 is 0. The maximum atomic E-state index is 12.7. The van der Waals surface area contributed by atoms with Crippen LogP contribution in [-0.4, -0.2) is 37.8 Å². The molecule has 2 aromatic carbocycles. The zero-order valence-electron chi connectivity index (χ0n) is 16.5. The highest BCUT2D eigenvalue weighted by Crippen LogP contribution is 2.36. The van der Waals surface area contributed by atoms with Crippen molar-refractivity contribution in [2.75, 3.05) is 26.9 Å². The Bertz CT molecular complexity index is 1190. The average Bonchev–Trinajstić information content (AvgIpc) is 3.10. The number of para-hydroxylation sites is 1. The molecule has 2 aromatic heterocycles. The molecule has 0 radical (unpaired) electrons. The van der Waals surface area contributed by atoms with Crippen molar-refractivity contribution in [1.82, 2.24) is 4.98 Å². The molecule has 0 aliphatic rings. The van der Waals surface area contributed by atoms with E-state index in [1.54, 1.807) is 0 Å². The van der Waals surface area contributed by atoms with Crippen LogP contribution >= 0.6 is 0 Å². The predicted octanol–water partition coefficient (Wildman–Crippen LogP) is -0.164. The first-order chi connectivity index (χ1) is 13.7. The van der Waals surface area contributed by atoms with E-state index in [2.05, 4.69) is 28.7 Å². The number of ether oxygens (including phenoxy) is 2. The number of aromatic amines is 1. The Morgan fingerprint density at radius 3 is 2.69 bits per heavy atom. The molecule has 0 fully saturated rings. The monoisotopic (exact) mass is 413 g/mol. The van der Waals surface area contributed by atoms with Crippen LogP contribution in [-0.2, 0) is 16.0 Å². The molecule has 152 valence electrons. The van der Waals surface area contributed by atoms with Crippen LogP contribution in [0.1, 0.15) is 15.9 Å². The molecule has 0 saturated heterocycles. The molecule has 0 saturated carbocycles. The van der Waals surface area contributed by atoms with Crippen LogP contribution < -0.4 is 22.7 Å². The summed E-state index contributed by atoms with van der Waals surface area (Å²) in [6, 6.07) is 10.1. The predicted molar refractivity (Wildman–Crippen MR) is 109 cm³/mol. The van der Waals surface area contributed by atoms with Crippen LogP contribution in [0.2, 0.25) is 0 Å². The van der Waals surface area contributed by atoms with Gasteiger partial charge >= 0.3 is 5.97 Å². The van der Waals surface area contributed by atoms with Crippen molar-refractivity contribution in [3.05, 3.63) is 53.9 Å². The van der Waals surface area contributed by atoms with Crippen molar-refractivity contribution in [1.29, 1.82) is 0 Å². The van der Waals surface area contributed by atoms with Gasteiger partial charge in [0.25, 0.3) is 0 Å². The van der Waals surface area contributed by atoms with Crippen molar-refractivity contribution < 1.29 is 31.2 Å². The van der Waals surface area contributed by atoms with Gasteiger partial charge in [-0.1, -0.05) is 18.2 Å². The molecule has 0 unspecified atom stereocenters. The van der Waals surface area contributed by atoms with Gasteiger partial charge in [0.05, 0.1) is 30.2 Å². The van der Waals surface area contributed by atoms with Gasteiger partial charge in [-0.15, -0.1) is 0 Å². The van der Waals surface area contributed by atoms with Gasteiger partial charge in [-0.25, -0.2) is 9.36 Å². The number of nitrogens with two attached hydrogens (primary N) is 1. The van der Waals surface area contributed by atoms with Gasteiger partial charge in [-0.05, 0) is 18.6 Å². The van der Waals surface area contributed by atoms with Crippen LogP contribution in [0.5, 0.6) is 0 Å². The van der Waals surface area contributed by atoms with Gasteiger partial charge in [0.1, 0.15) is 6.61 Å². The van der Waals surface area contributed by atoms with Gasteiger partial charge in [-0.2, -0.15) is 0 Å². The number of aromatic nitrogens is 2. The Morgan fingerprint density at radius 1 is 1.14 bits per heavy atom. The molecule has 4 rings (SSSR count). The van der Waals surface area contributed by atoms with Crippen LogP contribution in [0.4, 0.5) is 0 Å². The summed E-state index contributed by atoms with van der Waals surface area (Å²) in [5.41, 5.74) is 9.00. The van der Waals surface area contributed by atoms with E-state index >= 15 is 0 Å². The summed E-state index contributed by atoms with van der Waals surface area (Å²) in [5, 5.41) is 4.06. The van der Waals surface area contributed by atoms with Crippen LogP contribution in [0.3, 0.4) is 0 Å². The Labute approximate surface area is 175 Å². The third kappa shape index (κ3) is 3.67. The van der Waals surface area contributed by atoms with Crippen LogP contribution in [0, 0.1) is 6.92 Å². The van der Waals surface area contributed by atoms with Crippen molar-refractivity contribution in [2.24, 2.45) is 5.73 Å². The summed E-state index contributed by atoms with van der Waals surface area (Å²) < 4.78 is 12.7. The summed E-state index contributed by atoms with van der Waals surface area (Å²) in [7, 11) is 1.42. The molecule has 4 aromatic rings. The highest BCUT2D eigenvalue weighted by Gasteiger charge is 2.22. The minimum Gasteiger partial charge on any atom is -1.00 e. The molecule has 0 amide bonds. The number of rotatable bonds is 6. The second kappa shape index (κ2) is 8.78. The smallest absolute Gasteiger partial charge is 0.340 e. The van der Waals surface area contributed by atoms with E-state index in [1.807, 2.05) is 30.5 Å². The number of hydrogen-bond acceptors (Lipinski definition) is 4. The zero-order chi connectivity index (χ0) is 19.7. The van der Waals surface area contributed by atoms with Gasteiger partial charge in [-0.3, -0.25) is 0 Å². The van der Waals surface area contributed by atoms with Crippen molar-refractivity contribution in [2.45, 2.75) is 13.5 Å². The van der Waals surface area contributed by atoms with E-state index in [1.165, 1.54) is 7.11 Å². The molecule has 0 spiro atoms. The highest BCUT2D eigenvalue weighted by molar-refractivity contribution is 6.23. The fourth-order valence-electron chi connectivity index (χ4n) is 3.85. The van der Waals surface area contributed by atoms with Gasteiger partial charge in [0.2, 0.25) is 0 Å². The molecule has 0 atom stereocenters. The van der Waals surface area contributed by atoms with Crippen molar-refractivity contribution >= 4 is 38.5 Å². The molecule has 3 N–H and O–H groups in total. The number of pyridine rings is 1. The minimum atomic E-state index is -0.342. The van der Waals surface area contributed by atoms with Crippen LogP contribution in [0.15, 0.2) is 42.7 Å². The van der Waals surface area contributed by atoms with Crippen LogP contribution in [0.25, 0.3) is 32.6 Å². The van der Waals surface area contributed by atoms with E-state index in [0.29, 0.717) is 25.3 Å². The number of carbonyl (C=O) groups excluding carboxylic acids is 1. The number of benzene rings is 2. The van der Waals surface area contributed by atoms with E-state index < -0.39 is 0 Å².